The molecule has 2 rings (SSSR count). The van der Waals surface area contributed by atoms with Gasteiger partial charge < -0.3 is 15.2 Å². The average molecular weight is 383 g/mol. The van der Waals surface area contributed by atoms with Crippen LogP contribution >= 0.6 is 15.9 Å². The summed E-state index contributed by atoms with van der Waals surface area (Å²) in [4.78, 5) is -0.436. The van der Waals surface area contributed by atoms with E-state index in [1.165, 1.54) is 12.1 Å². The minimum Gasteiger partial charge on any atom is -0.376 e. The molecule has 0 amide bonds. The molecule has 0 aromatic heterocycles. The largest absolute Gasteiger partial charge is 0.376 e. The highest BCUT2D eigenvalue weighted by molar-refractivity contribution is 9.10. The maximum atomic E-state index is 14.1. The number of hydrogen-bond acceptors (Lipinski definition) is 5. The maximum Gasteiger partial charge on any atom is 0.243 e. The third kappa shape index (κ3) is 4.21. The summed E-state index contributed by atoms with van der Waals surface area (Å²) >= 11 is 3.15. The lowest BCUT2D eigenvalue weighted by atomic mass is 10.2. The first-order valence-corrected chi connectivity index (χ1v) is 8.58. The minimum absolute atomic E-state index is 0.0201. The first-order chi connectivity index (χ1) is 9.94. The zero-order valence-corrected chi connectivity index (χ0v) is 13.5. The lowest BCUT2D eigenvalue weighted by molar-refractivity contribution is -0.0847. The number of benzene rings is 1. The molecule has 21 heavy (non-hydrogen) atoms. The molecule has 0 saturated carbocycles. The molecule has 1 heterocycles. The number of sulfonamides is 1. The van der Waals surface area contributed by atoms with Gasteiger partial charge in [-0.3, -0.25) is 0 Å². The number of ether oxygens (including phenoxy) is 2. The number of nitrogens with one attached hydrogen (secondary N) is 1. The van der Waals surface area contributed by atoms with Crippen LogP contribution in [0.25, 0.3) is 0 Å². The lowest BCUT2D eigenvalue weighted by Gasteiger charge is -2.23. The van der Waals surface area contributed by atoms with Gasteiger partial charge in [-0.25, -0.2) is 17.5 Å². The van der Waals surface area contributed by atoms with Crippen LogP contribution in [0.15, 0.2) is 21.5 Å². The summed E-state index contributed by atoms with van der Waals surface area (Å²) in [5.74, 6) is -0.839. The molecular formula is C12H16BrFN2O4S. The first kappa shape index (κ1) is 16.8. The van der Waals surface area contributed by atoms with E-state index in [0.29, 0.717) is 24.3 Å². The van der Waals surface area contributed by atoms with Gasteiger partial charge in [0.1, 0.15) is 10.7 Å². The standard InChI is InChI=1S/C12H16BrFN2O4S/c13-9-3-8(5-15)12(14)11(4-9)21(17,18)16-6-10-7-19-1-2-20-10/h3-4,10,16H,1-2,5-7,15H2. The molecule has 3 N–H and O–H groups in total. The monoisotopic (exact) mass is 382 g/mol. The van der Waals surface area contributed by atoms with Gasteiger partial charge in [0.25, 0.3) is 0 Å². The fourth-order valence-corrected chi connectivity index (χ4v) is 3.76. The second kappa shape index (κ2) is 7.12. The van der Waals surface area contributed by atoms with Crippen LogP contribution in [0, 0.1) is 5.82 Å². The fourth-order valence-electron chi connectivity index (χ4n) is 1.90. The van der Waals surface area contributed by atoms with Crippen molar-refractivity contribution < 1.29 is 22.3 Å². The Hall–Kier alpha value is -0.580. The number of nitrogens with two attached hydrogens (primary N) is 1. The highest BCUT2D eigenvalue weighted by atomic mass is 79.9. The second-order valence-electron chi connectivity index (χ2n) is 4.50. The fraction of sp³-hybridized carbons (Fsp3) is 0.500. The molecule has 1 aromatic carbocycles. The van der Waals surface area contributed by atoms with Crippen LogP contribution in [-0.2, 0) is 26.0 Å². The van der Waals surface area contributed by atoms with E-state index in [4.69, 9.17) is 15.2 Å². The number of hydrogen-bond donors (Lipinski definition) is 2. The Bertz CT molecular complexity index is 606. The van der Waals surface area contributed by atoms with Crippen molar-refractivity contribution in [1.82, 2.24) is 4.72 Å². The summed E-state index contributed by atoms with van der Waals surface area (Å²) < 4.78 is 51.8. The van der Waals surface area contributed by atoms with Crippen molar-refractivity contribution in [2.75, 3.05) is 26.4 Å². The minimum atomic E-state index is -3.99. The van der Waals surface area contributed by atoms with Crippen LogP contribution < -0.4 is 10.5 Å². The van der Waals surface area contributed by atoms with Crippen molar-refractivity contribution in [1.29, 1.82) is 0 Å². The Balaban J connectivity index is 2.17. The lowest BCUT2D eigenvalue weighted by Crippen LogP contribution is -2.39. The van der Waals surface area contributed by atoms with Crippen molar-refractivity contribution >= 4 is 26.0 Å². The molecule has 1 aliphatic rings. The SMILES string of the molecule is NCc1cc(Br)cc(S(=O)(=O)NCC2COCCO2)c1F. The van der Waals surface area contributed by atoms with Gasteiger partial charge >= 0.3 is 0 Å². The van der Waals surface area contributed by atoms with Crippen molar-refractivity contribution in [2.24, 2.45) is 5.73 Å². The van der Waals surface area contributed by atoms with Gasteiger partial charge in [-0.1, -0.05) is 15.9 Å². The first-order valence-electron chi connectivity index (χ1n) is 6.31. The molecule has 0 radical (unpaired) electrons. The van der Waals surface area contributed by atoms with E-state index in [-0.39, 0.29) is 24.8 Å². The van der Waals surface area contributed by atoms with Crippen LogP contribution in [0.3, 0.4) is 0 Å². The van der Waals surface area contributed by atoms with Crippen LogP contribution in [0.1, 0.15) is 5.56 Å². The molecule has 1 unspecified atom stereocenters. The summed E-state index contributed by atoms with van der Waals surface area (Å²) in [6.07, 6.45) is -0.377. The van der Waals surface area contributed by atoms with Gasteiger partial charge in [0.15, 0.2) is 0 Å². The molecule has 6 nitrogen and oxygen atoms in total. The van der Waals surface area contributed by atoms with E-state index >= 15 is 0 Å². The van der Waals surface area contributed by atoms with E-state index < -0.39 is 20.7 Å². The Kier molecular flexibility index (Phi) is 5.69. The molecular weight excluding hydrogens is 367 g/mol. The van der Waals surface area contributed by atoms with Crippen LogP contribution in [0.4, 0.5) is 4.39 Å². The van der Waals surface area contributed by atoms with Crippen molar-refractivity contribution in [2.45, 2.75) is 17.5 Å². The predicted octanol–water partition coefficient (Wildman–Crippen LogP) is 0.741. The van der Waals surface area contributed by atoms with E-state index in [1.807, 2.05) is 0 Å². The molecule has 0 spiro atoms. The summed E-state index contributed by atoms with van der Waals surface area (Å²) in [5, 5.41) is 0. The quantitative estimate of drug-likeness (QED) is 0.783. The summed E-state index contributed by atoms with van der Waals surface area (Å²) in [7, 11) is -3.99. The van der Waals surface area contributed by atoms with Crippen molar-refractivity contribution in [3.63, 3.8) is 0 Å². The average Bonchev–Trinajstić information content (AvgIpc) is 2.48. The molecule has 0 aliphatic carbocycles. The van der Waals surface area contributed by atoms with Gasteiger partial charge in [0, 0.05) is 23.1 Å². The molecule has 0 bridgehead atoms. The van der Waals surface area contributed by atoms with E-state index in [0.717, 1.165) is 0 Å². The van der Waals surface area contributed by atoms with Crippen molar-refractivity contribution in [3.8, 4) is 0 Å². The number of rotatable bonds is 5. The highest BCUT2D eigenvalue weighted by Crippen LogP contribution is 2.23. The normalized spacial score (nSPS) is 19.7. The van der Waals surface area contributed by atoms with E-state index in [2.05, 4.69) is 20.7 Å². The summed E-state index contributed by atoms with van der Waals surface area (Å²) in [5.41, 5.74) is 5.54. The zero-order chi connectivity index (χ0) is 15.5. The van der Waals surface area contributed by atoms with E-state index in [9.17, 15) is 12.8 Å². The van der Waals surface area contributed by atoms with Gasteiger partial charge in [-0.2, -0.15) is 0 Å². The molecule has 1 aliphatic heterocycles. The van der Waals surface area contributed by atoms with E-state index in [1.54, 1.807) is 0 Å². The number of halogens is 2. The van der Waals surface area contributed by atoms with Gasteiger partial charge in [0.05, 0.1) is 25.9 Å². The highest BCUT2D eigenvalue weighted by Gasteiger charge is 2.24. The molecule has 1 fully saturated rings. The van der Waals surface area contributed by atoms with Crippen LogP contribution in [0.2, 0.25) is 0 Å². The van der Waals surface area contributed by atoms with Crippen molar-refractivity contribution in [3.05, 3.63) is 28.0 Å². The van der Waals surface area contributed by atoms with Gasteiger partial charge in [0.2, 0.25) is 10.0 Å². The zero-order valence-electron chi connectivity index (χ0n) is 11.1. The molecule has 1 atom stereocenters. The predicted molar refractivity (Wildman–Crippen MR) is 77.7 cm³/mol. The third-order valence-corrected chi connectivity index (χ3v) is 4.86. The molecule has 1 saturated heterocycles. The van der Waals surface area contributed by atoms with Gasteiger partial charge in [-0.15, -0.1) is 0 Å². The topological polar surface area (TPSA) is 90.7 Å². The summed E-state index contributed by atoms with van der Waals surface area (Å²) in [6, 6.07) is 2.65. The maximum absolute atomic E-state index is 14.1. The molecule has 9 heteroatoms. The summed E-state index contributed by atoms with van der Waals surface area (Å²) in [6.45, 7) is 1.13. The smallest absolute Gasteiger partial charge is 0.243 e. The Morgan fingerprint density at radius 3 is 2.81 bits per heavy atom. The Morgan fingerprint density at radius 2 is 2.19 bits per heavy atom. The third-order valence-electron chi connectivity index (χ3n) is 2.97. The Labute approximate surface area is 131 Å². The van der Waals surface area contributed by atoms with Crippen LogP contribution in [0.5, 0.6) is 0 Å². The van der Waals surface area contributed by atoms with Gasteiger partial charge in [-0.05, 0) is 12.1 Å². The molecule has 1 aromatic rings. The molecule has 118 valence electrons. The Morgan fingerprint density at radius 1 is 1.43 bits per heavy atom. The van der Waals surface area contributed by atoms with Crippen LogP contribution in [-0.4, -0.2) is 40.9 Å². The second-order valence-corrected chi connectivity index (χ2v) is 7.15.